The van der Waals surface area contributed by atoms with Gasteiger partial charge in [-0.25, -0.2) is 17.2 Å². The van der Waals surface area contributed by atoms with E-state index in [-0.39, 0.29) is 33.0 Å². The quantitative estimate of drug-likeness (QED) is 0.661. The van der Waals surface area contributed by atoms with Gasteiger partial charge >= 0.3 is 0 Å². The lowest BCUT2D eigenvalue weighted by Gasteiger charge is -2.28. The summed E-state index contributed by atoms with van der Waals surface area (Å²) < 4.78 is 51.7. The zero-order valence-corrected chi connectivity index (χ0v) is 18.9. The lowest BCUT2D eigenvalue weighted by molar-refractivity contribution is -0.126. The van der Waals surface area contributed by atoms with Gasteiger partial charge < -0.3 is 10.2 Å². The minimum Gasteiger partial charge on any atom is -0.348 e. The zero-order chi connectivity index (χ0) is 23.4. The normalized spacial score (nSPS) is 22.9. The molecular formula is C22H21ClF2N2O4S. The summed E-state index contributed by atoms with van der Waals surface area (Å²) in [6.45, 7) is 1.51. The second-order valence-corrected chi connectivity index (χ2v) is 10.8. The molecule has 4 rings (SSSR count). The fourth-order valence-corrected chi connectivity index (χ4v) is 5.07. The van der Waals surface area contributed by atoms with Crippen LogP contribution in [0.2, 0.25) is 5.02 Å². The van der Waals surface area contributed by atoms with Gasteiger partial charge in [-0.2, -0.15) is 0 Å². The topological polar surface area (TPSA) is 83.6 Å². The van der Waals surface area contributed by atoms with Gasteiger partial charge in [-0.05, 0) is 56.0 Å². The predicted molar refractivity (Wildman–Crippen MR) is 114 cm³/mol. The Morgan fingerprint density at radius 3 is 2.56 bits per heavy atom. The molecule has 0 radical (unpaired) electrons. The van der Waals surface area contributed by atoms with E-state index >= 15 is 0 Å². The molecule has 0 aromatic heterocycles. The number of amides is 2. The van der Waals surface area contributed by atoms with E-state index in [0.717, 1.165) is 24.8 Å². The largest absolute Gasteiger partial charge is 0.348 e. The first-order chi connectivity index (χ1) is 15.0. The number of hydrogen-bond acceptors (Lipinski definition) is 4. The van der Waals surface area contributed by atoms with Crippen LogP contribution in [0, 0.1) is 17.6 Å². The van der Waals surface area contributed by atoms with E-state index in [4.69, 9.17) is 11.6 Å². The number of nitrogens with one attached hydrogen (secondary N) is 1. The van der Waals surface area contributed by atoms with Gasteiger partial charge in [0.15, 0.2) is 9.84 Å². The highest BCUT2D eigenvalue weighted by Crippen LogP contribution is 2.48. The van der Waals surface area contributed by atoms with Crippen LogP contribution in [0.4, 0.5) is 8.78 Å². The van der Waals surface area contributed by atoms with Crippen molar-refractivity contribution in [3.8, 4) is 0 Å². The first kappa shape index (κ1) is 22.7. The van der Waals surface area contributed by atoms with Gasteiger partial charge in [0, 0.05) is 23.4 Å². The molecule has 170 valence electrons. The van der Waals surface area contributed by atoms with Crippen LogP contribution in [0.3, 0.4) is 0 Å². The SMILES string of the molecule is CC(NC(=O)[C@H]1C[C@H]2C[C@H]2N1C(=O)c1cccc(S(C)(=O)=O)c1)c1cc(F)c(Cl)cc1F. The van der Waals surface area contributed by atoms with E-state index in [2.05, 4.69) is 5.32 Å². The molecule has 32 heavy (non-hydrogen) atoms. The number of halogens is 3. The van der Waals surface area contributed by atoms with Gasteiger partial charge in [-0.3, -0.25) is 9.59 Å². The molecule has 0 bridgehead atoms. The van der Waals surface area contributed by atoms with E-state index in [1.807, 2.05) is 0 Å². The van der Waals surface area contributed by atoms with E-state index < -0.39 is 45.4 Å². The van der Waals surface area contributed by atoms with Crippen LogP contribution in [-0.4, -0.2) is 43.5 Å². The van der Waals surface area contributed by atoms with Crippen molar-refractivity contribution in [1.29, 1.82) is 0 Å². The van der Waals surface area contributed by atoms with E-state index in [1.165, 1.54) is 36.1 Å². The summed E-state index contributed by atoms with van der Waals surface area (Å²) in [4.78, 5) is 27.7. The maximum absolute atomic E-state index is 14.2. The number of nitrogens with zero attached hydrogens (tertiary/aromatic N) is 1. The van der Waals surface area contributed by atoms with Crippen LogP contribution in [-0.2, 0) is 14.6 Å². The summed E-state index contributed by atoms with van der Waals surface area (Å²) >= 11 is 5.59. The number of carbonyl (C=O) groups excluding carboxylic acids is 2. The van der Waals surface area contributed by atoms with Gasteiger partial charge in [0.2, 0.25) is 5.91 Å². The Balaban J connectivity index is 1.55. The summed E-state index contributed by atoms with van der Waals surface area (Å²) in [6, 6.07) is 5.76. The summed E-state index contributed by atoms with van der Waals surface area (Å²) in [6.07, 6.45) is 2.28. The first-order valence-electron chi connectivity index (χ1n) is 10.0. The number of hydrogen-bond donors (Lipinski definition) is 1. The van der Waals surface area contributed by atoms with Crippen LogP contribution in [0.5, 0.6) is 0 Å². The maximum Gasteiger partial charge on any atom is 0.254 e. The standard InChI is InChI=1S/C22H21ClF2N2O4S/c1-11(15-9-18(25)16(23)10-17(15)24)26-21(28)20-8-13-7-19(13)27(20)22(29)12-4-3-5-14(6-12)32(2,30)31/h3-6,9-11,13,19-20H,7-8H2,1-2H3,(H,26,28)/t11?,13-,19-,20-/m1/s1. The Bertz CT molecular complexity index is 1220. The average Bonchev–Trinajstić information content (AvgIpc) is 3.39. The van der Waals surface area contributed by atoms with Crippen molar-refractivity contribution in [3.05, 3.63) is 64.2 Å². The molecule has 6 nitrogen and oxygen atoms in total. The van der Waals surface area contributed by atoms with Gasteiger partial charge in [0.05, 0.1) is 16.0 Å². The number of rotatable bonds is 5. The van der Waals surface area contributed by atoms with Crippen molar-refractivity contribution < 1.29 is 26.8 Å². The van der Waals surface area contributed by atoms with Crippen LogP contribution < -0.4 is 5.32 Å². The van der Waals surface area contributed by atoms with E-state index in [0.29, 0.717) is 6.42 Å². The highest BCUT2D eigenvalue weighted by atomic mass is 35.5. The molecule has 2 fully saturated rings. The number of carbonyl (C=O) groups is 2. The molecule has 1 aliphatic carbocycles. The predicted octanol–water partition coefficient (Wildman–Crippen LogP) is 3.50. The molecule has 1 saturated heterocycles. The smallest absolute Gasteiger partial charge is 0.254 e. The van der Waals surface area contributed by atoms with Crippen LogP contribution in [0.1, 0.15) is 41.7 Å². The van der Waals surface area contributed by atoms with Gasteiger partial charge in [-0.1, -0.05) is 17.7 Å². The fourth-order valence-electron chi connectivity index (χ4n) is 4.25. The Morgan fingerprint density at radius 2 is 1.88 bits per heavy atom. The van der Waals surface area contributed by atoms with Crippen LogP contribution >= 0.6 is 11.6 Å². The molecule has 1 unspecified atom stereocenters. The van der Waals surface area contributed by atoms with Crippen molar-refractivity contribution in [2.75, 3.05) is 6.26 Å². The molecule has 1 saturated carbocycles. The van der Waals surface area contributed by atoms with E-state index in [9.17, 15) is 26.8 Å². The Hall–Kier alpha value is -2.52. The number of fused-ring (bicyclic) bond motifs is 1. The minimum atomic E-state index is -3.50. The fraction of sp³-hybridized carbons (Fsp3) is 0.364. The lowest BCUT2D eigenvalue weighted by atomic mass is 10.1. The second kappa shape index (κ2) is 8.12. The molecule has 0 spiro atoms. The van der Waals surface area contributed by atoms with Crippen LogP contribution in [0.25, 0.3) is 0 Å². The summed E-state index contributed by atoms with van der Waals surface area (Å²) in [7, 11) is -3.50. The first-order valence-corrected chi connectivity index (χ1v) is 12.3. The Morgan fingerprint density at radius 1 is 1.16 bits per heavy atom. The molecule has 1 N–H and O–H groups in total. The molecule has 1 heterocycles. The summed E-state index contributed by atoms with van der Waals surface area (Å²) in [5.74, 6) is -2.27. The molecule has 2 aromatic rings. The van der Waals surface area contributed by atoms with Crippen molar-refractivity contribution in [2.24, 2.45) is 5.92 Å². The molecular weight excluding hydrogens is 462 g/mol. The van der Waals surface area contributed by atoms with Crippen molar-refractivity contribution in [1.82, 2.24) is 10.2 Å². The molecule has 2 aromatic carbocycles. The van der Waals surface area contributed by atoms with Gasteiger partial charge in [0.25, 0.3) is 5.91 Å². The summed E-state index contributed by atoms with van der Waals surface area (Å²) in [5, 5.41) is 2.31. The number of piperidine rings is 1. The van der Waals surface area contributed by atoms with Gasteiger partial charge in [0.1, 0.15) is 17.7 Å². The maximum atomic E-state index is 14.2. The highest BCUT2D eigenvalue weighted by molar-refractivity contribution is 7.90. The molecule has 4 atom stereocenters. The monoisotopic (exact) mass is 482 g/mol. The van der Waals surface area contributed by atoms with E-state index in [1.54, 1.807) is 0 Å². The second-order valence-electron chi connectivity index (χ2n) is 8.35. The molecule has 2 amide bonds. The lowest BCUT2D eigenvalue weighted by Crippen LogP contribution is -2.48. The van der Waals surface area contributed by atoms with Crippen molar-refractivity contribution in [3.63, 3.8) is 0 Å². The minimum absolute atomic E-state index is 0.0183. The third-order valence-electron chi connectivity index (χ3n) is 6.02. The van der Waals surface area contributed by atoms with Crippen molar-refractivity contribution in [2.45, 2.75) is 42.8 Å². The Labute approximate surface area is 189 Å². The molecule has 2 aliphatic rings. The Kier molecular flexibility index (Phi) is 5.75. The molecule has 1 aliphatic heterocycles. The average molecular weight is 483 g/mol. The zero-order valence-electron chi connectivity index (χ0n) is 17.3. The summed E-state index contributed by atoms with van der Waals surface area (Å²) in [5.41, 5.74) is 0.124. The van der Waals surface area contributed by atoms with Crippen LogP contribution in [0.15, 0.2) is 41.3 Å². The van der Waals surface area contributed by atoms with Crippen molar-refractivity contribution >= 4 is 33.3 Å². The highest BCUT2D eigenvalue weighted by Gasteiger charge is 2.56. The number of benzene rings is 2. The third-order valence-corrected chi connectivity index (χ3v) is 7.42. The van der Waals surface area contributed by atoms with Gasteiger partial charge in [-0.15, -0.1) is 0 Å². The third kappa shape index (κ3) is 4.23. The number of sulfone groups is 1. The molecule has 10 heteroatoms. The number of likely N-dealkylation sites (tertiary alicyclic amines) is 1.